The molecule has 120 valence electrons. The molecular formula is C17H23NO4. The van der Waals surface area contributed by atoms with Crippen LogP contribution in [-0.2, 0) is 11.2 Å². The summed E-state index contributed by atoms with van der Waals surface area (Å²) in [6, 6.07) is 5.77. The smallest absolute Gasteiger partial charge is 0.231 e. The van der Waals surface area contributed by atoms with E-state index in [1.165, 1.54) is 0 Å². The van der Waals surface area contributed by atoms with Gasteiger partial charge in [0.25, 0.3) is 0 Å². The molecule has 1 aromatic rings. The maximum Gasteiger partial charge on any atom is 0.231 e. The lowest BCUT2D eigenvalue weighted by Crippen LogP contribution is -2.40. The molecule has 2 aliphatic heterocycles. The SMILES string of the molecule is CC1(C)CN(C(=O)CCc2ccc3c(c2)OCO3)C[C@@]1(C)O. The van der Waals surface area contributed by atoms with Crippen molar-refractivity contribution in [2.75, 3.05) is 19.9 Å². The fourth-order valence-corrected chi connectivity index (χ4v) is 2.97. The molecule has 0 unspecified atom stereocenters. The molecule has 0 spiro atoms. The lowest BCUT2D eigenvalue weighted by Gasteiger charge is -2.30. The van der Waals surface area contributed by atoms with E-state index in [2.05, 4.69) is 0 Å². The number of fused-ring (bicyclic) bond motifs is 1. The summed E-state index contributed by atoms with van der Waals surface area (Å²) in [6.45, 7) is 7.06. The molecule has 5 heteroatoms. The summed E-state index contributed by atoms with van der Waals surface area (Å²) in [5, 5.41) is 10.4. The molecule has 1 fully saturated rings. The quantitative estimate of drug-likeness (QED) is 0.927. The van der Waals surface area contributed by atoms with Crippen LogP contribution in [0.5, 0.6) is 11.5 Å². The van der Waals surface area contributed by atoms with Crippen LogP contribution in [-0.4, -0.2) is 41.4 Å². The van der Waals surface area contributed by atoms with Crippen LogP contribution in [0.3, 0.4) is 0 Å². The number of amides is 1. The van der Waals surface area contributed by atoms with Gasteiger partial charge in [0.2, 0.25) is 12.7 Å². The second kappa shape index (κ2) is 5.16. The van der Waals surface area contributed by atoms with Crippen LogP contribution in [0.1, 0.15) is 32.8 Å². The van der Waals surface area contributed by atoms with E-state index in [1.54, 1.807) is 11.8 Å². The summed E-state index contributed by atoms with van der Waals surface area (Å²) < 4.78 is 10.6. The summed E-state index contributed by atoms with van der Waals surface area (Å²) in [4.78, 5) is 14.2. The van der Waals surface area contributed by atoms with E-state index in [0.29, 0.717) is 25.9 Å². The van der Waals surface area contributed by atoms with Gasteiger partial charge in [0.1, 0.15) is 0 Å². The number of rotatable bonds is 3. The number of carbonyl (C=O) groups excluding carboxylic acids is 1. The van der Waals surface area contributed by atoms with Gasteiger partial charge in [-0.05, 0) is 31.0 Å². The largest absolute Gasteiger partial charge is 0.454 e. The zero-order valence-corrected chi connectivity index (χ0v) is 13.4. The van der Waals surface area contributed by atoms with Gasteiger partial charge < -0.3 is 19.5 Å². The van der Waals surface area contributed by atoms with E-state index in [9.17, 15) is 9.90 Å². The lowest BCUT2D eigenvalue weighted by molar-refractivity contribution is -0.131. The zero-order valence-electron chi connectivity index (χ0n) is 13.4. The topological polar surface area (TPSA) is 59.0 Å². The van der Waals surface area contributed by atoms with Crippen LogP contribution in [0.4, 0.5) is 0 Å². The fourth-order valence-electron chi connectivity index (χ4n) is 2.97. The number of nitrogens with zero attached hydrogens (tertiary/aromatic N) is 1. The molecule has 5 nitrogen and oxygen atoms in total. The monoisotopic (exact) mass is 305 g/mol. The Balaban J connectivity index is 1.59. The predicted octanol–water partition coefficient (Wildman–Crippen LogP) is 1.97. The molecule has 0 aromatic heterocycles. The molecule has 1 N–H and O–H groups in total. The molecule has 0 bridgehead atoms. The number of aliphatic hydroxyl groups is 1. The third kappa shape index (κ3) is 2.65. The number of β-amino-alcohol motifs (C(OH)–C–C–N with tert-alkyl or cyclic N) is 1. The van der Waals surface area contributed by atoms with E-state index in [1.807, 2.05) is 32.0 Å². The highest BCUT2D eigenvalue weighted by Crippen LogP contribution is 2.38. The number of benzene rings is 1. The maximum atomic E-state index is 12.4. The van der Waals surface area contributed by atoms with Crippen LogP contribution in [0.15, 0.2) is 18.2 Å². The van der Waals surface area contributed by atoms with Gasteiger partial charge in [-0.15, -0.1) is 0 Å². The standard InChI is InChI=1S/C17H23NO4/c1-16(2)9-18(10-17(16,3)20)15(19)7-5-12-4-6-13-14(8-12)22-11-21-13/h4,6,8,20H,5,7,9-11H2,1-3H3/t17-/m1/s1. The van der Waals surface area contributed by atoms with Crippen LogP contribution in [0.2, 0.25) is 0 Å². The van der Waals surface area contributed by atoms with Gasteiger partial charge in [0, 0.05) is 24.9 Å². The molecule has 1 atom stereocenters. The maximum absolute atomic E-state index is 12.4. The van der Waals surface area contributed by atoms with Crippen molar-refractivity contribution < 1.29 is 19.4 Å². The number of hydrogen-bond donors (Lipinski definition) is 1. The number of hydrogen-bond acceptors (Lipinski definition) is 4. The molecule has 1 saturated heterocycles. The Morgan fingerprint density at radius 1 is 1.23 bits per heavy atom. The normalized spacial score (nSPS) is 25.5. The molecular weight excluding hydrogens is 282 g/mol. The van der Waals surface area contributed by atoms with E-state index in [4.69, 9.17) is 9.47 Å². The second-order valence-corrected chi connectivity index (χ2v) is 7.10. The molecule has 2 heterocycles. The van der Waals surface area contributed by atoms with Crippen LogP contribution in [0, 0.1) is 5.41 Å². The average molecular weight is 305 g/mol. The summed E-state index contributed by atoms with van der Waals surface area (Å²) in [5.41, 5.74) is -0.0502. The number of aryl methyl sites for hydroxylation is 1. The zero-order chi connectivity index (χ0) is 16.0. The minimum Gasteiger partial charge on any atom is -0.454 e. The van der Waals surface area contributed by atoms with Crippen molar-refractivity contribution in [3.05, 3.63) is 23.8 Å². The van der Waals surface area contributed by atoms with Gasteiger partial charge in [-0.2, -0.15) is 0 Å². The summed E-state index contributed by atoms with van der Waals surface area (Å²) in [7, 11) is 0. The van der Waals surface area contributed by atoms with Crippen LogP contribution in [0.25, 0.3) is 0 Å². The molecule has 1 amide bonds. The predicted molar refractivity (Wildman–Crippen MR) is 81.9 cm³/mol. The summed E-state index contributed by atoms with van der Waals surface area (Å²) in [5.74, 6) is 1.59. The van der Waals surface area contributed by atoms with Gasteiger partial charge >= 0.3 is 0 Å². The fraction of sp³-hybridized carbons (Fsp3) is 0.588. The van der Waals surface area contributed by atoms with E-state index in [0.717, 1.165) is 17.1 Å². The van der Waals surface area contributed by atoms with E-state index >= 15 is 0 Å². The lowest BCUT2D eigenvalue weighted by atomic mass is 9.79. The van der Waals surface area contributed by atoms with Gasteiger partial charge in [0.05, 0.1) is 5.60 Å². The van der Waals surface area contributed by atoms with Gasteiger partial charge in [-0.3, -0.25) is 4.79 Å². The highest BCUT2D eigenvalue weighted by Gasteiger charge is 2.48. The molecule has 0 saturated carbocycles. The van der Waals surface area contributed by atoms with Crippen LogP contribution >= 0.6 is 0 Å². The molecule has 1 aromatic carbocycles. The van der Waals surface area contributed by atoms with Crippen LogP contribution < -0.4 is 9.47 Å². The van der Waals surface area contributed by atoms with E-state index in [-0.39, 0.29) is 18.1 Å². The Morgan fingerprint density at radius 3 is 2.64 bits per heavy atom. The Hall–Kier alpha value is -1.75. The molecule has 22 heavy (non-hydrogen) atoms. The van der Waals surface area contributed by atoms with Crippen molar-refractivity contribution in [1.29, 1.82) is 0 Å². The van der Waals surface area contributed by atoms with Crippen molar-refractivity contribution in [3.63, 3.8) is 0 Å². The first-order valence-electron chi connectivity index (χ1n) is 7.67. The minimum absolute atomic E-state index is 0.0866. The molecule has 0 radical (unpaired) electrons. The average Bonchev–Trinajstić information content (AvgIpc) is 2.98. The Morgan fingerprint density at radius 2 is 1.95 bits per heavy atom. The third-order valence-corrected chi connectivity index (χ3v) is 4.96. The Labute approximate surface area is 130 Å². The van der Waals surface area contributed by atoms with Gasteiger partial charge in [-0.25, -0.2) is 0 Å². The number of carbonyl (C=O) groups is 1. The third-order valence-electron chi connectivity index (χ3n) is 4.96. The van der Waals surface area contributed by atoms with Crippen molar-refractivity contribution >= 4 is 5.91 Å². The first kappa shape index (κ1) is 15.2. The van der Waals surface area contributed by atoms with Crippen molar-refractivity contribution in [1.82, 2.24) is 4.90 Å². The van der Waals surface area contributed by atoms with Crippen molar-refractivity contribution in [2.45, 2.75) is 39.2 Å². The highest BCUT2D eigenvalue weighted by atomic mass is 16.7. The van der Waals surface area contributed by atoms with Gasteiger partial charge in [-0.1, -0.05) is 19.9 Å². The number of ether oxygens (including phenoxy) is 2. The van der Waals surface area contributed by atoms with Gasteiger partial charge in [0.15, 0.2) is 11.5 Å². The number of likely N-dealkylation sites (tertiary alicyclic amines) is 1. The molecule has 3 rings (SSSR count). The summed E-state index contributed by atoms with van der Waals surface area (Å²) >= 11 is 0. The highest BCUT2D eigenvalue weighted by molar-refractivity contribution is 5.77. The molecule has 0 aliphatic carbocycles. The first-order valence-corrected chi connectivity index (χ1v) is 7.67. The molecule has 2 aliphatic rings. The minimum atomic E-state index is -0.832. The Kier molecular flexibility index (Phi) is 3.56. The first-order chi connectivity index (χ1) is 10.3. The summed E-state index contributed by atoms with van der Waals surface area (Å²) in [6.07, 6.45) is 1.10. The van der Waals surface area contributed by atoms with Crippen molar-refractivity contribution in [3.8, 4) is 11.5 Å². The Bertz CT molecular complexity index is 578. The van der Waals surface area contributed by atoms with Crippen molar-refractivity contribution in [2.24, 2.45) is 5.41 Å². The van der Waals surface area contributed by atoms with E-state index < -0.39 is 5.60 Å². The second-order valence-electron chi connectivity index (χ2n) is 7.10.